The summed E-state index contributed by atoms with van der Waals surface area (Å²) in [6, 6.07) is 5.45. The largest absolute Gasteiger partial charge is 0.376 e. The number of benzene rings is 1. The van der Waals surface area contributed by atoms with Gasteiger partial charge in [-0.3, -0.25) is 4.79 Å². The molecule has 0 aromatic heterocycles. The molecule has 1 saturated heterocycles. The van der Waals surface area contributed by atoms with Gasteiger partial charge >= 0.3 is 0 Å². The number of carbonyl (C=O) groups is 1. The molecular formula is C14H17Cl2NO3. The Morgan fingerprint density at radius 3 is 2.90 bits per heavy atom. The number of hydrogen-bond acceptors (Lipinski definition) is 3. The number of carbonyl (C=O) groups excluding carboxylic acids is 1. The zero-order chi connectivity index (χ0) is 14.4. The minimum absolute atomic E-state index is 0.119. The van der Waals surface area contributed by atoms with E-state index in [1.807, 2.05) is 12.1 Å². The second-order valence-electron chi connectivity index (χ2n) is 4.56. The third-order valence-corrected chi connectivity index (χ3v) is 3.63. The number of aryl methyl sites for hydroxylation is 1. The average molecular weight is 318 g/mol. The highest BCUT2D eigenvalue weighted by molar-refractivity contribution is 6.35. The molecule has 0 bridgehead atoms. The average Bonchev–Trinajstić information content (AvgIpc) is 2.46. The van der Waals surface area contributed by atoms with Crippen molar-refractivity contribution in [2.75, 3.05) is 26.4 Å². The van der Waals surface area contributed by atoms with E-state index in [-0.39, 0.29) is 5.91 Å². The second kappa shape index (κ2) is 7.84. The second-order valence-corrected chi connectivity index (χ2v) is 5.41. The van der Waals surface area contributed by atoms with E-state index in [0.29, 0.717) is 36.4 Å². The summed E-state index contributed by atoms with van der Waals surface area (Å²) >= 11 is 11.9. The predicted molar refractivity (Wildman–Crippen MR) is 78.4 cm³/mol. The van der Waals surface area contributed by atoms with E-state index in [4.69, 9.17) is 32.7 Å². The smallest absolute Gasteiger partial charge is 0.251 e. The van der Waals surface area contributed by atoms with Crippen LogP contribution in [0, 0.1) is 0 Å². The Morgan fingerprint density at radius 1 is 1.35 bits per heavy atom. The Labute approximate surface area is 128 Å². The van der Waals surface area contributed by atoms with Gasteiger partial charge in [-0.1, -0.05) is 29.3 Å². The molecule has 1 amide bonds. The molecule has 1 aliphatic heterocycles. The molecule has 0 radical (unpaired) electrons. The van der Waals surface area contributed by atoms with Gasteiger partial charge in [-0.2, -0.15) is 0 Å². The summed E-state index contributed by atoms with van der Waals surface area (Å²) in [5, 5.41) is 4.13. The van der Waals surface area contributed by atoms with Crippen molar-refractivity contribution in [2.45, 2.75) is 18.9 Å². The summed E-state index contributed by atoms with van der Waals surface area (Å²) in [7, 11) is 0. The van der Waals surface area contributed by atoms with E-state index >= 15 is 0 Å². The SMILES string of the molecule is O=C(NCCCc1ccc(Cl)cc1Cl)[C@H]1COCCO1. The highest BCUT2D eigenvalue weighted by Crippen LogP contribution is 2.21. The lowest BCUT2D eigenvalue weighted by molar-refractivity contribution is -0.147. The third-order valence-electron chi connectivity index (χ3n) is 3.05. The summed E-state index contributed by atoms with van der Waals surface area (Å²) < 4.78 is 10.5. The Hall–Kier alpha value is -0.810. The number of halogens is 2. The predicted octanol–water partition coefficient (Wildman–Crippen LogP) is 2.46. The molecule has 4 nitrogen and oxygen atoms in total. The Balaban J connectivity index is 1.69. The van der Waals surface area contributed by atoms with Crippen LogP contribution in [0.4, 0.5) is 0 Å². The normalized spacial score (nSPS) is 18.8. The molecule has 1 fully saturated rings. The van der Waals surface area contributed by atoms with Crippen molar-refractivity contribution in [3.8, 4) is 0 Å². The highest BCUT2D eigenvalue weighted by atomic mass is 35.5. The van der Waals surface area contributed by atoms with Crippen molar-refractivity contribution < 1.29 is 14.3 Å². The molecule has 20 heavy (non-hydrogen) atoms. The van der Waals surface area contributed by atoms with Crippen LogP contribution >= 0.6 is 23.2 Å². The highest BCUT2D eigenvalue weighted by Gasteiger charge is 2.21. The van der Waals surface area contributed by atoms with Gasteiger partial charge in [0.05, 0.1) is 19.8 Å². The van der Waals surface area contributed by atoms with Crippen LogP contribution in [0.15, 0.2) is 18.2 Å². The van der Waals surface area contributed by atoms with Gasteiger partial charge < -0.3 is 14.8 Å². The maximum absolute atomic E-state index is 11.8. The van der Waals surface area contributed by atoms with Crippen LogP contribution in [-0.2, 0) is 20.7 Å². The van der Waals surface area contributed by atoms with Gasteiger partial charge in [0.15, 0.2) is 6.10 Å². The van der Waals surface area contributed by atoms with Gasteiger partial charge in [0.1, 0.15) is 0 Å². The maximum Gasteiger partial charge on any atom is 0.251 e. The molecule has 1 heterocycles. The standard InChI is InChI=1S/C14H17Cl2NO3/c15-11-4-3-10(12(16)8-11)2-1-5-17-14(18)13-9-19-6-7-20-13/h3-4,8,13H,1-2,5-7,9H2,(H,17,18)/t13-/m1/s1. The topological polar surface area (TPSA) is 47.6 Å². The van der Waals surface area contributed by atoms with Crippen molar-refractivity contribution >= 4 is 29.1 Å². The molecule has 1 aliphatic rings. The first-order valence-electron chi connectivity index (χ1n) is 6.58. The molecule has 1 atom stereocenters. The van der Waals surface area contributed by atoms with Crippen LogP contribution in [0.3, 0.4) is 0 Å². The quantitative estimate of drug-likeness (QED) is 0.849. The molecule has 1 aromatic rings. The summed E-state index contributed by atoms with van der Waals surface area (Å²) in [4.78, 5) is 11.8. The summed E-state index contributed by atoms with van der Waals surface area (Å²) in [6.45, 7) is 1.93. The zero-order valence-corrected chi connectivity index (χ0v) is 12.5. The van der Waals surface area contributed by atoms with Crippen molar-refractivity contribution in [1.29, 1.82) is 0 Å². The first kappa shape index (κ1) is 15.6. The fourth-order valence-corrected chi connectivity index (χ4v) is 2.47. The number of hydrogen-bond donors (Lipinski definition) is 1. The van der Waals surface area contributed by atoms with Crippen LogP contribution in [-0.4, -0.2) is 38.4 Å². The molecule has 110 valence electrons. The summed E-state index contributed by atoms with van der Waals surface area (Å²) in [6.07, 6.45) is 1.11. The van der Waals surface area contributed by atoms with Crippen LogP contribution in [0.5, 0.6) is 0 Å². The van der Waals surface area contributed by atoms with Gasteiger partial charge in [0, 0.05) is 16.6 Å². The van der Waals surface area contributed by atoms with E-state index in [1.165, 1.54) is 0 Å². The Morgan fingerprint density at radius 2 is 2.20 bits per heavy atom. The van der Waals surface area contributed by atoms with E-state index in [2.05, 4.69) is 5.32 Å². The van der Waals surface area contributed by atoms with Crippen molar-refractivity contribution in [3.63, 3.8) is 0 Å². The number of ether oxygens (including phenoxy) is 2. The first-order chi connectivity index (χ1) is 9.66. The van der Waals surface area contributed by atoms with Crippen molar-refractivity contribution in [2.24, 2.45) is 0 Å². The zero-order valence-electron chi connectivity index (χ0n) is 11.0. The first-order valence-corrected chi connectivity index (χ1v) is 7.33. The number of amides is 1. The Bertz CT molecular complexity index is 462. The molecule has 1 N–H and O–H groups in total. The molecular weight excluding hydrogens is 301 g/mol. The van der Waals surface area contributed by atoms with E-state index in [9.17, 15) is 4.79 Å². The lowest BCUT2D eigenvalue weighted by Gasteiger charge is -2.22. The number of nitrogens with one attached hydrogen (secondary N) is 1. The summed E-state index contributed by atoms with van der Waals surface area (Å²) in [5.41, 5.74) is 1.03. The minimum Gasteiger partial charge on any atom is -0.376 e. The van der Waals surface area contributed by atoms with Gasteiger partial charge in [0.25, 0.3) is 5.91 Å². The molecule has 6 heteroatoms. The number of rotatable bonds is 5. The van der Waals surface area contributed by atoms with E-state index in [1.54, 1.807) is 6.07 Å². The fraction of sp³-hybridized carbons (Fsp3) is 0.500. The lowest BCUT2D eigenvalue weighted by atomic mass is 10.1. The third kappa shape index (κ3) is 4.63. The molecule has 0 saturated carbocycles. The molecule has 0 unspecified atom stereocenters. The summed E-state index contributed by atoms with van der Waals surface area (Å²) in [5.74, 6) is -0.119. The molecule has 1 aromatic carbocycles. The van der Waals surface area contributed by atoms with Crippen LogP contribution in [0.1, 0.15) is 12.0 Å². The minimum atomic E-state index is -0.483. The van der Waals surface area contributed by atoms with E-state index in [0.717, 1.165) is 18.4 Å². The van der Waals surface area contributed by atoms with Gasteiger partial charge in [0.2, 0.25) is 0 Å². The van der Waals surface area contributed by atoms with Gasteiger partial charge in [-0.05, 0) is 30.5 Å². The fourth-order valence-electron chi connectivity index (χ4n) is 1.97. The molecule has 0 aliphatic carbocycles. The Kier molecular flexibility index (Phi) is 6.10. The van der Waals surface area contributed by atoms with Gasteiger partial charge in [-0.25, -0.2) is 0 Å². The van der Waals surface area contributed by atoms with Gasteiger partial charge in [-0.15, -0.1) is 0 Å². The van der Waals surface area contributed by atoms with E-state index < -0.39 is 6.10 Å². The lowest BCUT2D eigenvalue weighted by Crippen LogP contribution is -2.43. The molecule has 2 rings (SSSR count). The van der Waals surface area contributed by atoms with Crippen LogP contribution in [0.2, 0.25) is 10.0 Å². The van der Waals surface area contributed by atoms with Crippen LogP contribution < -0.4 is 5.32 Å². The van der Waals surface area contributed by atoms with Crippen molar-refractivity contribution in [3.05, 3.63) is 33.8 Å². The van der Waals surface area contributed by atoms with Crippen molar-refractivity contribution in [1.82, 2.24) is 5.32 Å². The monoisotopic (exact) mass is 317 g/mol. The molecule has 0 spiro atoms. The van der Waals surface area contributed by atoms with Crippen LogP contribution in [0.25, 0.3) is 0 Å². The maximum atomic E-state index is 11.8.